The van der Waals surface area contributed by atoms with Gasteiger partial charge in [-0.1, -0.05) is 0 Å². The first kappa shape index (κ1) is 30.1. The molecule has 2 aromatic carbocycles. The third-order valence-corrected chi connectivity index (χ3v) is 8.49. The number of rotatable bonds is 8. The van der Waals surface area contributed by atoms with Gasteiger partial charge in [0.25, 0.3) is 0 Å². The van der Waals surface area contributed by atoms with Crippen LogP contribution in [0.3, 0.4) is 0 Å². The van der Waals surface area contributed by atoms with Gasteiger partial charge in [-0.3, -0.25) is 9.36 Å². The molecule has 0 aliphatic rings. The van der Waals surface area contributed by atoms with Crippen molar-refractivity contribution in [2.75, 3.05) is 24.0 Å². The highest BCUT2D eigenvalue weighted by molar-refractivity contribution is 7.90. The van der Waals surface area contributed by atoms with Crippen LogP contribution in [0.2, 0.25) is 0 Å². The molecular weight excluding hydrogens is 605 g/mol. The van der Waals surface area contributed by atoms with Crippen molar-refractivity contribution in [2.24, 2.45) is 0 Å². The molecule has 0 aliphatic carbocycles. The van der Waals surface area contributed by atoms with Crippen LogP contribution in [0, 0.1) is 17.5 Å². The van der Waals surface area contributed by atoms with Crippen LogP contribution in [0.1, 0.15) is 0 Å². The molecule has 2 N–H and O–H groups in total. The standard InChI is InChI=1S/C14H13F2N3O2S.C14H14FN3O2S/c1-22(20,21)3-2-19-8-9(6-18-19)11-7-17-14-5-13(16)12(15)4-10(11)14;1-21(19,20)5-4-18-9-10(7-17-18)13-8-16-14-6-11(15)2-3-12(13)14/h4-8,17H,2-3H2,1H3;2-3,6-9,16H,4-5H2,1H3. The summed E-state index contributed by atoms with van der Waals surface area (Å²) in [7, 11) is -6.09. The lowest BCUT2D eigenvalue weighted by Crippen LogP contribution is -2.11. The van der Waals surface area contributed by atoms with Crippen LogP contribution < -0.4 is 0 Å². The first-order chi connectivity index (χ1) is 20.3. The van der Waals surface area contributed by atoms with Crippen LogP contribution in [0.5, 0.6) is 0 Å². The van der Waals surface area contributed by atoms with E-state index in [-0.39, 0.29) is 23.9 Å². The average Bonchev–Trinajstić information content (AvgIpc) is 3.72. The number of fused-ring (bicyclic) bond motifs is 2. The Morgan fingerprint density at radius 1 is 0.698 bits per heavy atom. The molecule has 15 heteroatoms. The number of halogens is 3. The van der Waals surface area contributed by atoms with Gasteiger partial charge in [-0.15, -0.1) is 0 Å². The van der Waals surface area contributed by atoms with Crippen LogP contribution >= 0.6 is 0 Å². The smallest absolute Gasteiger partial charge is 0.160 e. The fourth-order valence-electron chi connectivity index (χ4n) is 4.46. The van der Waals surface area contributed by atoms with E-state index in [9.17, 15) is 30.0 Å². The minimum Gasteiger partial charge on any atom is -0.360 e. The van der Waals surface area contributed by atoms with E-state index in [1.807, 2.05) is 0 Å². The van der Waals surface area contributed by atoms with Crippen LogP contribution in [0.15, 0.2) is 67.5 Å². The molecule has 0 unspecified atom stereocenters. The normalized spacial score (nSPS) is 12.1. The van der Waals surface area contributed by atoms with Crippen molar-refractivity contribution in [1.29, 1.82) is 0 Å². The lowest BCUT2D eigenvalue weighted by Gasteiger charge is -1.99. The topological polar surface area (TPSA) is 136 Å². The van der Waals surface area contributed by atoms with E-state index in [1.165, 1.54) is 23.1 Å². The van der Waals surface area contributed by atoms with Gasteiger partial charge in [0.2, 0.25) is 0 Å². The monoisotopic (exact) mass is 632 g/mol. The Labute approximate surface area is 245 Å². The van der Waals surface area contributed by atoms with Crippen LogP contribution in [-0.2, 0) is 32.8 Å². The van der Waals surface area contributed by atoms with Crippen molar-refractivity contribution < 1.29 is 30.0 Å². The van der Waals surface area contributed by atoms with Gasteiger partial charge in [0.05, 0.1) is 37.0 Å². The molecule has 10 nitrogen and oxygen atoms in total. The third-order valence-electron chi connectivity index (χ3n) is 6.64. The van der Waals surface area contributed by atoms with E-state index in [4.69, 9.17) is 0 Å². The van der Waals surface area contributed by atoms with Gasteiger partial charge >= 0.3 is 0 Å². The number of aromatic nitrogens is 6. The molecule has 6 aromatic rings. The van der Waals surface area contributed by atoms with E-state index < -0.39 is 31.3 Å². The highest BCUT2D eigenvalue weighted by Gasteiger charge is 2.13. The first-order valence-corrected chi connectivity index (χ1v) is 17.0. The Balaban J connectivity index is 0.000000171. The van der Waals surface area contributed by atoms with Gasteiger partial charge in [0.1, 0.15) is 25.5 Å². The molecule has 4 heterocycles. The summed E-state index contributed by atoms with van der Waals surface area (Å²) >= 11 is 0. The Hall–Kier alpha value is -4.37. The summed E-state index contributed by atoms with van der Waals surface area (Å²) in [6, 6.07) is 6.79. The maximum atomic E-state index is 13.4. The second kappa shape index (κ2) is 11.7. The molecule has 0 saturated carbocycles. The van der Waals surface area contributed by atoms with Gasteiger partial charge in [0.15, 0.2) is 11.6 Å². The summed E-state index contributed by atoms with van der Waals surface area (Å²) in [4.78, 5) is 5.90. The first-order valence-electron chi connectivity index (χ1n) is 12.9. The maximum Gasteiger partial charge on any atom is 0.160 e. The highest BCUT2D eigenvalue weighted by atomic mass is 32.2. The van der Waals surface area contributed by atoms with Crippen LogP contribution in [0.4, 0.5) is 13.2 Å². The molecule has 0 saturated heterocycles. The zero-order valence-electron chi connectivity index (χ0n) is 23.1. The summed E-state index contributed by atoms with van der Waals surface area (Å²) in [6.45, 7) is 0.556. The fraction of sp³-hybridized carbons (Fsp3) is 0.214. The molecular formula is C28H27F3N6O4S2. The molecule has 0 atom stereocenters. The molecule has 0 aliphatic heterocycles. The summed E-state index contributed by atoms with van der Waals surface area (Å²) in [5, 5.41) is 9.70. The number of nitrogens with one attached hydrogen (secondary N) is 2. The molecule has 6 rings (SSSR count). The second-order valence-corrected chi connectivity index (χ2v) is 14.7. The Bertz CT molecular complexity index is 2150. The van der Waals surface area contributed by atoms with Crippen molar-refractivity contribution in [3.05, 3.63) is 85.0 Å². The molecule has 4 aromatic heterocycles. The quantitative estimate of drug-likeness (QED) is 0.253. The van der Waals surface area contributed by atoms with Crippen LogP contribution in [0.25, 0.3) is 44.1 Å². The zero-order chi connectivity index (χ0) is 30.9. The SMILES string of the molecule is CS(=O)(=O)CCn1cc(-c2c[nH]c3cc(F)c(F)cc23)cn1.CS(=O)(=O)CCn1cc(-c2c[nH]c3cc(F)ccc23)cn1. The number of hydrogen-bond donors (Lipinski definition) is 2. The molecule has 0 bridgehead atoms. The largest absolute Gasteiger partial charge is 0.360 e. The Morgan fingerprint density at radius 3 is 1.72 bits per heavy atom. The number of sulfone groups is 2. The van der Waals surface area contributed by atoms with Crippen molar-refractivity contribution in [1.82, 2.24) is 29.5 Å². The van der Waals surface area contributed by atoms with Crippen molar-refractivity contribution >= 4 is 41.5 Å². The number of benzene rings is 2. The summed E-state index contributed by atoms with van der Waals surface area (Å²) in [6.07, 6.45) is 12.5. The molecule has 0 spiro atoms. The molecule has 226 valence electrons. The number of aromatic amines is 2. The number of hydrogen-bond acceptors (Lipinski definition) is 6. The minimum atomic E-state index is -3.07. The molecule has 0 radical (unpaired) electrons. The van der Waals surface area contributed by atoms with Gasteiger partial charge in [-0.05, 0) is 24.3 Å². The Morgan fingerprint density at radius 2 is 1.19 bits per heavy atom. The second-order valence-electron chi connectivity index (χ2n) is 10.2. The van der Waals surface area contributed by atoms with Gasteiger partial charge < -0.3 is 9.97 Å². The number of H-pyrrole nitrogens is 2. The van der Waals surface area contributed by atoms with Crippen molar-refractivity contribution in [3.63, 3.8) is 0 Å². The predicted octanol–water partition coefficient (Wildman–Crippen LogP) is 4.57. The average molecular weight is 633 g/mol. The number of aryl methyl sites for hydroxylation is 2. The van der Waals surface area contributed by atoms with Gasteiger partial charge in [-0.2, -0.15) is 10.2 Å². The fourth-order valence-corrected chi connectivity index (χ4v) is 5.50. The molecule has 0 amide bonds. The third kappa shape index (κ3) is 7.35. The van der Waals surface area contributed by atoms with Crippen molar-refractivity contribution in [3.8, 4) is 22.3 Å². The van der Waals surface area contributed by atoms with Crippen molar-refractivity contribution in [2.45, 2.75) is 13.1 Å². The zero-order valence-corrected chi connectivity index (χ0v) is 24.7. The Kier molecular flexibility index (Phi) is 8.21. The maximum absolute atomic E-state index is 13.4. The lowest BCUT2D eigenvalue weighted by molar-refractivity contribution is 0.511. The van der Waals surface area contributed by atoms with Gasteiger partial charge in [-0.25, -0.2) is 30.0 Å². The lowest BCUT2D eigenvalue weighted by atomic mass is 10.1. The van der Waals surface area contributed by atoms with E-state index in [2.05, 4.69) is 20.2 Å². The summed E-state index contributed by atoms with van der Waals surface area (Å²) in [5.74, 6) is -2.09. The summed E-state index contributed by atoms with van der Waals surface area (Å²) in [5.41, 5.74) is 4.36. The van der Waals surface area contributed by atoms with Gasteiger partial charge in [0, 0.05) is 87.4 Å². The highest BCUT2D eigenvalue weighted by Crippen LogP contribution is 2.30. The van der Waals surface area contributed by atoms with E-state index in [0.29, 0.717) is 34.1 Å². The number of nitrogens with zero attached hydrogens (tertiary/aromatic N) is 4. The minimum absolute atomic E-state index is 0.0121. The predicted molar refractivity (Wildman–Crippen MR) is 158 cm³/mol. The summed E-state index contributed by atoms with van der Waals surface area (Å²) < 4.78 is 87.5. The molecule has 0 fully saturated rings. The van der Waals surface area contributed by atoms with E-state index in [1.54, 1.807) is 47.9 Å². The van der Waals surface area contributed by atoms with E-state index in [0.717, 1.165) is 34.9 Å². The molecule has 43 heavy (non-hydrogen) atoms. The van der Waals surface area contributed by atoms with Crippen LogP contribution in [-0.4, -0.2) is 70.4 Å². The van der Waals surface area contributed by atoms with E-state index >= 15 is 0 Å².